The van der Waals surface area contributed by atoms with E-state index in [0.717, 1.165) is 0 Å². The number of anilines is 1. The van der Waals surface area contributed by atoms with E-state index in [-0.39, 0.29) is 47.2 Å². The number of nitrogens with one attached hydrogen (secondary N) is 1. The van der Waals surface area contributed by atoms with Gasteiger partial charge in [-0.2, -0.15) is 13.2 Å². The number of nitrogens with two attached hydrogens (primary N) is 1. The van der Waals surface area contributed by atoms with Crippen LogP contribution in [0.5, 0.6) is 5.75 Å². The third kappa shape index (κ3) is 8.31. The number of ether oxygens (including phenoxy) is 1. The number of alkyl halides is 3. The molecule has 1 aromatic carbocycles. The summed E-state index contributed by atoms with van der Waals surface area (Å²) in [6, 6.07) is 3.91. The van der Waals surface area contributed by atoms with Gasteiger partial charge in [-0.3, -0.25) is 4.79 Å². The first-order valence-corrected chi connectivity index (χ1v) is 6.59. The molecule has 9 heteroatoms. The molecule has 22 heavy (non-hydrogen) atoms. The van der Waals surface area contributed by atoms with E-state index in [4.69, 9.17) is 17.3 Å². The number of hydrogen-bond acceptors (Lipinski definition) is 3. The van der Waals surface area contributed by atoms with Crippen LogP contribution in [0, 0.1) is 0 Å². The minimum absolute atomic E-state index is 0. The van der Waals surface area contributed by atoms with Crippen LogP contribution < -0.4 is 15.8 Å². The molecule has 1 unspecified atom stereocenters. The van der Waals surface area contributed by atoms with Crippen molar-refractivity contribution in [2.24, 2.45) is 5.73 Å². The Labute approximate surface area is 137 Å². The lowest BCUT2D eigenvalue weighted by atomic mass is 10.2. The number of hydrogen-bond donors (Lipinski definition) is 2. The van der Waals surface area contributed by atoms with Crippen LogP contribution in [0.1, 0.15) is 19.8 Å². The van der Waals surface area contributed by atoms with E-state index in [1.165, 1.54) is 18.2 Å². The van der Waals surface area contributed by atoms with Crippen LogP contribution in [0.3, 0.4) is 0 Å². The predicted octanol–water partition coefficient (Wildman–Crippen LogP) is 3.77. The van der Waals surface area contributed by atoms with Gasteiger partial charge in [0.05, 0.1) is 5.69 Å². The Morgan fingerprint density at radius 3 is 2.64 bits per heavy atom. The fourth-order valence-electron chi connectivity index (χ4n) is 1.45. The highest BCUT2D eigenvalue weighted by molar-refractivity contribution is 6.30. The molecule has 126 valence electrons. The molecule has 0 aliphatic rings. The van der Waals surface area contributed by atoms with Crippen LogP contribution in [0.4, 0.5) is 18.9 Å². The second-order valence-corrected chi connectivity index (χ2v) is 5.04. The Morgan fingerprint density at radius 1 is 1.45 bits per heavy atom. The molecule has 0 spiro atoms. The molecule has 1 rings (SSSR count). The summed E-state index contributed by atoms with van der Waals surface area (Å²) < 4.78 is 41.2. The maximum Gasteiger partial charge on any atom is 0.422 e. The lowest BCUT2D eigenvalue weighted by Crippen LogP contribution is -2.21. The number of carbonyl (C=O) groups is 1. The molecule has 0 radical (unpaired) electrons. The molecule has 1 aromatic rings. The molecule has 0 aliphatic carbocycles. The average Bonchev–Trinajstić information content (AvgIpc) is 2.35. The molecule has 0 heterocycles. The van der Waals surface area contributed by atoms with Crippen molar-refractivity contribution in [2.45, 2.75) is 32.0 Å². The van der Waals surface area contributed by atoms with Crippen LogP contribution in [0.15, 0.2) is 18.2 Å². The fraction of sp³-hybridized carbons (Fsp3) is 0.462. The normalized spacial score (nSPS) is 12.3. The van der Waals surface area contributed by atoms with Gasteiger partial charge in [0.2, 0.25) is 5.91 Å². The lowest BCUT2D eigenvalue weighted by Gasteiger charge is -2.14. The van der Waals surface area contributed by atoms with E-state index >= 15 is 0 Å². The summed E-state index contributed by atoms with van der Waals surface area (Å²) in [5, 5.41) is 2.69. The van der Waals surface area contributed by atoms with Gasteiger partial charge in [-0.15, -0.1) is 12.4 Å². The van der Waals surface area contributed by atoms with E-state index < -0.39 is 12.8 Å². The van der Waals surface area contributed by atoms with Crippen LogP contribution in [0.25, 0.3) is 0 Å². The molecule has 0 aromatic heterocycles. The van der Waals surface area contributed by atoms with Crippen molar-refractivity contribution >= 4 is 35.6 Å². The van der Waals surface area contributed by atoms with Crippen molar-refractivity contribution in [2.75, 3.05) is 11.9 Å². The molecule has 4 nitrogen and oxygen atoms in total. The van der Waals surface area contributed by atoms with Crippen LogP contribution in [-0.2, 0) is 4.79 Å². The zero-order chi connectivity index (χ0) is 16.0. The highest BCUT2D eigenvalue weighted by Gasteiger charge is 2.29. The molecule has 0 fully saturated rings. The lowest BCUT2D eigenvalue weighted by molar-refractivity contribution is -0.153. The maximum atomic E-state index is 12.2. The van der Waals surface area contributed by atoms with Crippen molar-refractivity contribution in [3.63, 3.8) is 0 Å². The van der Waals surface area contributed by atoms with Gasteiger partial charge >= 0.3 is 6.18 Å². The number of amides is 1. The fourth-order valence-corrected chi connectivity index (χ4v) is 1.61. The molecule has 1 atom stereocenters. The first-order chi connectivity index (χ1) is 9.67. The molecular formula is C13H17Cl2F3N2O2. The largest absolute Gasteiger partial charge is 0.482 e. The highest BCUT2D eigenvalue weighted by Crippen LogP contribution is 2.30. The minimum Gasteiger partial charge on any atom is -0.482 e. The molecule has 0 aliphatic heterocycles. The quantitative estimate of drug-likeness (QED) is 0.811. The zero-order valence-corrected chi connectivity index (χ0v) is 13.3. The van der Waals surface area contributed by atoms with Gasteiger partial charge < -0.3 is 15.8 Å². The number of benzene rings is 1. The predicted molar refractivity (Wildman–Crippen MR) is 81.8 cm³/mol. The Hall–Kier alpha value is -1.18. The smallest absolute Gasteiger partial charge is 0.422 e. The first-order valence-electron chi connectivity index (χ1n) is 6.22. The second kappa shape index (κ2) is 9.07. The van der Waals surface area contributed by atoms with Crippen molar-refractivity contribution in [3.8, 4) is 5.75 Å². The van der Waals surface area contributed by atoms with Crippen molar-refractivity contribution in [3.05, 3.63) is 23.2 Å². The van der Waals surface area contributed by atoms with E-state index in [1.54, 1.807) is 6.92 Å². The van der Waals surface area contributed by atoms with Crippen LogP contribution in [0.2, 0.25) is 5.02 Å². The third-order valence-electron chi connectivity index (χ3n) is 2.44. The average molecular weight is 361 g/mol. The van der Waals surface area contributed by atoms with Crippen LogP contribution in [-0.4, -0.2) is 24.7 Å². The monoisotopic (exact) mass is 360 g/mol. The van der Waals surface area contributed by atoms with E-state index in [0.29, 0.717) is 6.42 Å². The Balaban J connectivity index is 0.00000441. The van der Waals surface area contributed by atoms with Gasteiger partial charge in [0.15, 0.2) is 6.61 Å². The van der Waals surface area contributed by atoms with Gasteiger partial charge in [0.25, 0.3) is 0 Å². The Kier molecular flexibility index (Phi) is 8.58. The van der Waals surface area contributed by atoms with Crippen molar-refractivity contribution < 1.29 is 22.7 Å². The van der Waals surface area contributed by atoms with Crippen molar-refractivity contribution in [1.29, 1.82) is 0 Å². The Bertz CT molecular complexity index is 497. The third-order valence-corrected chi connectivity index (χ3v) is 2.67. The summed E-state index contributed by atoms with van der Waals surface area (Å²) in [5.74, 6) is -0.486. The summed E-state index contributed by atoms with van der Waals surface area (Å²) in [4.78, 5) is 11.7. The summed E-state index contributed by atoms with van der Waals surface area (Å²) in [6.45, 7) is 0.295. The van der Waals surface area contributed by atoms with Gasteiger partial charge in [0, 0.05) is 23.6 Å². The van der Waals surface area contributed by atoms with Gasteiger partial charge in [-0.1, -0.05) is 11.6 Å². The number of carbonyl (C=O) groups excluding carboxylic acids is 1. The molecule has 1 amide bonds. The molecule has 0 bridgehead atoms. The SMILES string of the molecule is CC(N)CCC(=O)Nc1ccc(Cl)cc1OCC(F)(F)F.Cl. The molecule has 0 saturated carbocycles. The van der Waals surface area contributed by atoms with E-state index in [2.05, 4.69) is 10.1 Å². The second-order valence-electron chi connectivity index (χ2n) is 4.61. The van der Waals surface area contributed by atoms with E-state index in [9.17, 15) is 18.0 Å². The standard InChI is InChI=1S/C13H16ClF3N2O2.ClH/c1-8(18)2-5-12(20)19-10-4-3-9(14)6-11(10)21-7-13(15,16)17;/h3-4,6,8H,2,5,7,18H2,1H3,(H,19,20);1H. The molecular weight excluding hydrogens is 344 g/mol. The van der Waals surface area contributed by atoms with Crippen LogP contribution >= 0.6 is 24.0 Å². The number of halogens is 5. The topological polar surface area (TPSA) is 64.4 Å². The van der Waals surface area contributed by atoms with Crippen molar-refractivity contribution in [1.82, 2.24) is 0 Å². The first kappa shape index (κ1) is 20.8. The molecule has 3 N–H and O–H groups in total. The van der Waals surface area contributed by atoms with E-state index in [1.807, 2.05) is 0 Å². The molecule has 0 saturated heterocycles. The van der Waals surface area contributed by atoms with Gasteiger partial charge in [-0.25, -0.2) is 0 Å². The van der Waals surface area contributed by atoms with Gasteiger partial charge in [-0.05, 0) is 25.5 Å². The highest BCUT2D eigenvalue weighted by atomic mass is 35.5. The van der Waals surface area contributed by atoms with Gasteiger partial charge in [0.1, 0.15) is 5.75 Å². The summed E-state index contributed by atoms with van der Waals surface area (Å²) in [6.07, 6.45) is -3.84. The maximum absolute atomic E-state index is 12.2. The Morgan fingerprint density at radius 2 is 2.09 bits per heavy atom. The summed E-state index contributed by atoms with van der Waals surface area (Å²) >= 11 is 5.72. The summed E-state index contributed by atoms with van der Waals surface area (Å²) in [7, 11) is 0. The summed E-state index contributed by atoms with van der Waals surface area (Å²) in [5.41, 5.74) is 5.67. The zero-order valence-electron chi connectivity index (χ0n) is 11.7. The minimum atomic E-state index is -4.47. The number of rotatable bonds is 6.